The molecule has 0 spiro atoms. The number of halogens is 3. The topological polar surface area (TPSA) is 61.6 Å². The van der Waals surface area contributed by atoms with Crippen molar-refractivity contribution in [2.75, 3.05) is 33.2 Å². The van der Waals surface area contributed by atoms with E-state index in [2.05, 4.69) is 46.4 Å². The maximum Gasteiger partial charge on any atom is 0.221 e. The van der Waals surface area contributed by atoms with Crippen LogP contribution in [0.1, 0.15) is 24.5 Å². The molecule has 146 valence electrons. The Morgan fingerprint density at radius 1 is 1.08 bits per heavy atom. The van der Waals surface area contributed by atoms with E-state index in [9.17, 15) is 4.79 Å². The molecule has 1 amide bonds. The number of carbonyl (C=O) groups excluding carboxylic acids is 1. The minimum Gasteiger partial charge on any atom is -0.352 e. The van der Waals surface area contributed by atoms with Crippen LogP contribution in [0.15, 0.2) is 24.3 Å². The number of rotatable bonds is 6. The molecule has 1 heterocycles. The minimum absolute atomic E-state index is 0. The fourth-order valence-corrected chi connectivity index (χ4v) is 2.59. The van der Waals surface area contributed by atoms with Gasteiger partial charge in [0, 0.05) is 51.7 Å². The van der Waals surface area contributed by atoms with Crippen LogP contribution in [0.3, 0.4) is 0 Å². The number of carbonyl (C=O) groups is 1. The third kappa shape index (κ3) is 10.2. The first-order chi connectivity index (χ1) is 10.5. The van der Waals surface area contributed by atoms with Crippen LogP contribution in [0.5, 0.6) is 0 Å². The summed E-state index contributed by atoms with van der Waals surface area (Å²) in [7, 11) is 2.17. The maximum absolute atomic E-state index is 11.6. The van der Waals surface area contributed by atoms with E-state index in [1.807, 2.05) is 6.92 Å². The van der Waals surface area contributed by atoms with Crippen molar-refractivity contribution in [2.24, 2.45) is 5.73 Å². The Labute approximate surface area is 169 Å². The summed E-state index contributed by atoms with van der Waals surface area (Å²) < 4.78 is 0. The average molecular weight is 414 g/mol. The number of piperazine rings is 1. The van der Waals surface area contributed by atoms with Crippen LogP contribution in [-0.2, 0) is 17.9 Å². The molecule has 1 atom stereocenters. The Bertz CT molecular complexity index is 477. The molecule has 1 unspecified atom stereocenters. The van der Waals surface area contributed by atoms with Crippen LogP contribution in [-0.4, -0.2) is 55.0 Å². The summed E-state index contributed by atoms with van der Waals surface area (Å²) in [5.74, 6) is 0.0107. The van der Waals surface area contributed by atoms with E-state index in [-0.39, 0.29) is 49.2 Å². The predicted octanol–water partition coefficient (Wildman–Crippen LogP) is 2.05. The first-order valence-electron chi connectivity index (χ1n) is 8.04. The molecule has 0 bridgehead atoms. The molecule has 1 aliphatic rings. The van der Waals surface area contributed by atoms with Gasteiger partial charge in [-0.05, 0) is 25.1 Å². The number of nitrogens with zero attached hydrogens (tertiary/aromatic N) is 2. The highest BCUT2D eigenvalue weighted by Crippen LogP contribution is 2.09. The fraction of sp³-hybridized carbons (Fsp3) is 0.588. The number of amides is 1. The van der Waals surface area contributed by atoms with Gasteiger partial charge in [-0.15, -0.1) is 37.2 Å². The number of benzene rings is 1. The van der Waals surface area contributed by atoms with Crippen molar-refractivity contribution < 1.29 is 4.79 Å². The van der Waals surface area contributed by atoms with Gasteiger partial charge in [0.05, 0.1) is 0 Å². The van der Waals surface area contributed by atoms with E-state index in [1.54, 1.807) is 0 Å². The summed E-state index contributed by atoms with van der Waals surface area (Å²) in [6, 6.07) is 8.41. The van der Waals surface area contributed by atoms with E-state index in [0.717, 1.165) is 38.3 Å². The maximum atomic E-state index is 11.6. The Morgan fingerprint density at radius 3 is 2.12 bits per heavy atom. The number of nitrogens with two attached hydrogens (primary N) is 1. The molecule has 0 aliphatic carbocycles. The van der Waals surface area contributed by atoms with Crippen LogP contribution in [0.2, 0.25) is 0 Å². The molecule has 1 aromatic carbocycles. The van der Waals surface area contributed by atoms with E-state index >= 15 is 0 Å². The summed E-state index contributed by atoms with van der Waals surface area (Å²) in [5, 5.41) is 2.90. The van der Waals surface area contributed by atoms with Crippen molar-refractivity contribution in [3.05, 3.63) is 35.4 Å². The third-order valence-corrected chi connectivity index (χ3v) is 4.02. The summed E-state index contributed by atoms with van der Waals surface area (Å²) in [6.07, 6.45) is 0.376. The van der Waals surface area contributed by atoms with Crippen molar-refractivity contribution >= 4 is 43.1 Å². The number of likely N-dealkylation sites (N-methyl/N-ethyl adjacent to an activating group) is 1. The van der Waals surface area contributed by atoms with Crippen molar-refractivity contribution in [2.45, 2.75) is 32.5 Å². The number of hydrogen-bond donors (Lipinski definition) is 2. The highest BCUT2D eigenvalue weighted by atomic mass is 35.5. The molecule has 2 rings (SSSR count). The average Bonchev–Trinajstić information content (AvgIpc) is 2.48. The van der Waals surface area contributed by atoms with Gasteiger partial charge in [-0.25, -0.2) is 0 Å². The Kier molecular flexibility index (Phi) is 14.5. The standard InChI is InChI=1S/C17H28N4O.3ClH/c1-14(18)11-17(22)19-12-15-3-5-16(6-4-15)13-21-9-7-20(2)8-10-21;;;/h3-6,14H,7-13,18H2,1-2H3,(H,19,22);3*1H. The number of nitrogens with one attached hydrogen (secondary N) is 1. The Hall–Kier alpha value is -0.560. The zero-order valence-corrected chi connectivity index (χ0v) is 17.4. The largest absolute Gasteiger partial charge is 0.352 e. The monoisotopic (exact) mass is 412 g/mol. The van der Waals surface area contributed by atoms with Crippen molar-refractivity contribution in [3.63, 3.8) is 0 Å². The van der Waals surface area contributed by atoms with Gasteiger partial charge in [-0.1, -0.05) is 24.3 Å². The SMILES string of the molecule is CC(N)CC(=O)NCc1ccc(CN2CCN(C)CC2)cc1.Cl.Cl.Cl. The molecule has 25 heavy (non-hydrogen) atoms. The lowest BCUT2D eigenvalue weighted by Gasteiger charge is -2.32. The van der Waals surface area contributed by atoms with Crippen LogP contribution >= 0.6 is 37.2 Å². The molecular formula is C17H31Cl3N4O. The van der Waals surface area contributed by atoms with Crippen LogP contribution in [0, 0.1) is 0 Å². The second kappa shape index (κ2) is 13.6. The third-order valence-electron chi connectivity index (χ3n) is 4.02. The lowest BCUT2D eigenvalue weighted by Crippen LogP contribution is -2.43. The molecule has 1 aliphatic heterocycles. The predicted molar refractivity (Wildman–Crippen MR) is 111 cm³/mol. The zero-order valence-electron chi connectivity index (χ0n) is 14.9. The molecule has 5 nitrogen and oxygen atoms in total. The smallest absolute Gasteiger partial charge is 0.221 e. The Morgan fingerprint density at radius 2 is 1.60 bits per heavy atom. The molecule has 8 heteroatoms. The van der Waals surface area contributed by atoms with Gasteiger partial charge in [-0.3, -0.25) is 9.69 Å². The van der Waals surface area contributed by atoms with E-state index in [0.29, 0.717) is 13.0 Å². The lowest BCUT2D eigenvalue weighted by atomic mass is 10.1. The molecule has 1 saturated heterocycles. The van der Waals surface area contributed by atoms with Gasteiger partial charge in [0.25, 0.3) is 0 Å². The van der Waals surface area contributed by atoms with E-state index < -0.39 is 0 Å². The lowest BCUT2D eigenvalue weighted by molar-refractivity contribution is -0.121. The van der Waals surface area contributed by atoms with Gasteiger partial charge >= 0.3 is 0 Å². The van der Waals surface area contributed by atoms with Gasteiger partial charge < -0.3 is 16.0 Å². The van der Waals surface area contributed by atoms with E-state index in [1.165, 1.54) is 5.56 Å². The van der Waals surface area contributed by atoms with Gasteiger partial charge in [0.15, 0.2) is 0 Å². The molecule has 0 saturated carbocycles. The molecule has 1 fully saturated rings. The summed E-state index contributed by atoms with van der Waals surface area (Å²) in [5.41, 5.74) is 8.07. The van der Waals surface area contributed by atoms with Gasteiger partial charge in [0.1, 0.15) is 0 Å². The van der Waals surface area contributed by atoms with Crippen molar-refractivity contribution in [1.82, 2.24) is 15.1 Å². The summed E-state index contributed by atoms with van der Waals surface area (Å²) >= 11 is 0. The Balaban J connectivity index is 0. The molecule has 1 aromatic rings. The van der Waals surface area contributed by atoms with Crippen LogP contribution in [0.25, 0.3) is 0 Å². The van der Waals surface area contributed by atoms with Crippen molar-refractivity contribution in [1.29, 1.82) is 0 Å². The molecular weight excluding hydrogens is 383 g/mol. The quantitative estimate of drug-likeness (QED) is 0.749. The first kappa shape index (κ1) is 26.7. The van der Waals surface area contributed by atoms with E-state index in [4.69, 9.17) is 5.73 Å². The highest BCUT2D eigenvalue weighted by molar-refractivity contribution is 5.86. The fourth-order valence-electron chi connectivity index (χ4n) is 2.59. The minimum atomic E-state index is -0.0917. The van der Waals surface area contributed by atoms with Gasteiger partial charge in [0.2, 0.25) is 5.91 Å². The van der Waals surface area contributed by atoms with Crippen molar-refractivity contribution in [3.8, 4) is 0 Å². The normalized spacial score (nSPS) is 16.0. The molecule has 0 aromatic heterocycles. The first-order valence-corrected chi connectivity index (χ1v) is 8.04. The summed E-state index contributed by atoms with van der Waals surface area (Å²) in [6.45, 7) is 7.96. The van der Waals surface area contributed by atoms with Crippen LogP contribution in [0.4, 0.5) is 0 Å². The van der Waals surface area contributed by atoms with Gasteiger partial charge in [-0.2, -0.15) is 0 Å². The second-order valence-electron chi connectivity index (χ2n) is 6.35. The summed E-state index contributed by atoms with van der Waals surface area (Å²) in [4.78, 5) is 16.4. The molecule has 3 N–H and O–H groups in total. The zero-order chi connectivity index (χ0) is 15.9. The highest BCUT2D eigenvalue weighted by Gasteiger charge is 2.13. The number of hydrogen-bond acceptors (Lipinski definition) is 4. The second-order valence-corrected chi connectivity index (χ2v) is 6.35. The molecule has 0 radical (unpaired) electrons. The van der Waals surface area contributed by atoms with Crippen LogP contribution < -0.4 is 11.1 Å².